The predicted octanol–water partition coefficient (Wildman–Crippen LogP) is 6.66. The van der Waals surface area contributed by atoms with Gasteiger partial charge in [0.15, 0.2) is 0 Å². The maximum absolute atomic E-state index is 13.7. The third kappa shape index (κ3) is 7.95. The Morgan fingerprint density at radius 1 is 1.07 bits per heavy atom. The summed E-state index contributed by atoms with van der Waals surface area (Å²) >= 11 is 5.97. The van der Waals surface area contributed by atoms with E-state index in [0.29, 0.717) is 52.9 Å². The molecule has 0 bridgehead atoms. The number of likely N-dealkylation sites (tertiary alicyclic amines) is 1. The lowest BCUT2D eigenvalue weighted by molar-refractivity contribution is -0.150. The number of hydrogen-bond acceptors (Lipinski definition) is 8. The molecular weight excluding hydrogens is 597 g/mol. The minimum atomic E-state index is -0.520. The minimum Gasteiger partial charge on any atom is -0.491 e. The van der Waals surface area contributed by atoms with Gasteiger partial charge in [-0.3, -0.25) is 14.5 Å². The molecule has 11 heteroatoms. The predicted molar refractivity (Wildman–Crippen MR) is 171 cm³/mol. The molecule has 3 aromatic carbocycles. The highest BCUT2D eigenvalue weighted by Crippen LogP contribution is 2.36. The van der Waals surface area contributed by atoms with Crippen LogP contribution in [-0.2, 0) is 20.9 Å². The molecule has 45 heavy (non-hydrogen) atoms. The van der Waals surface area contributed by atoms with Gasteiger partial charge >= 0.3 is 5.97 Å². The van der Waals surface area contributed by atoms with Crippen molar-refractivity contribution in [3.63, 3.8) is 0 Å². The number of anilines is 3. The summed E-state index contributed by atoms with van der Waals surface area (Å²) in [4.78, 5) is 36.6. The molecule has 2 heterocycles. The summed E-state index contributed by atoms with van der Waals surface area (Å²) in [5, 5.41) is 6.71. The first-order valence-electron chi connectivity index (χ1n) is 15.0. The minimum absolute atomic E-state index is 0.0156. The molecule has 0 radical (unpaired) electrons. The van der Waals surface area contributed by atoms with E-state index < -0.39 is 5.82 Å². The molecule has 232 valence electrons. The Labute approximate surface area is 265 Å². The molecule has 4 aromatic rings. The number of ether oxygens (including phenoxy) is 2. The average molecular weight is 630 g/mol. The largest absolute Gasteiger partial charge is 0.491 e. The zero-order chi connectivity index (χ0) is 31.2. The van der Waals surface area contributed by atoms with Crippen LogP contribution in [0.25, 0.3) is 10.9 Å². The summed E-state index contributed by atoms with van der Waals surface area (Å²) < 4.78 is 25.4. The van der Waals surface area contributed by atoms with Crippen LogP contribution < -0.4 is 15.4 Å². The van der Waals surface area contributed by atoms with Crippen molar-refractivity contribution in [1.29, 1.82) is 0 Å². The Morgan fingerprint density at radius 2 is 1.91 bits per heavy atom. The molecule has 2 aliphatic rings. The SMILES string of the molecule is O=C(/C=C/CN1CCC[C@H]1C(=O)OCc1ccccc1)Nc1cc2c(Nc3ccc(F)c(Cl)c3)ncnc2cc1OCC1CC1. The molecule has 2 N–H and O–H groups in total. The lowest BCUT2D eigenvalue weighted by Crippen LogP contribution is -2.37. The van der Waals surface area contributed by atoms with Crippen LogP contribution in [0.3, 0.4) is 0 Å². The normalized spacial score (nSPS) is 16.6. The van der Waals surface area contributed by atoms with Crippen molar-refractivity contribution in [2.45, 2.75) is 38.3 Å². The van der Waals surface area contributed by atoms with Crippen LogP contribution in [0.5, 0.6) is 5.75 Å². The second kappa shape index (κ2) is 14.0. The number of aromatic nitrogens is 2. The maximum Gasteiger partial charge on any atom is 0.323 e. The molecule has 1 aliphatic heterocycles. The van der Waals surface area contributed by atoms with E-state index in [4.69, 9.17) is 21.1 Å². The molecular formula is C34H33ClFN5O4. The van der Waals surface area contributed by atoms with Gasteiger partial charge in [-0.25, -0.2) is 14.4 Å². The topological polar surface area (TPSA) is 106 Å². The lowest BCUT2D eigenvalue weighted by Gasteiger charge is -2.21. The highest BCUT2D eigenvalue weighted by atomic mass is 35.5. The van der Waals surface area contributed by atoms with Crippen molar-refractivity contribution >= 4 is 51.6 Å². The monoisotopic (exact) mass is 629 g/mol. The fraction of sp³-hybridized carbons (Fsp3) is 0.294. The van der Waals surface area contributed by atoms with Gasteiger partial charge in [0.1, 0.15) is 36.4 Å². The van der Waals surface area contributed by atoms with E-state index in [1.807, 2.05) is 35.2 Å². The standard InChI is InChI=1S/C34H33ClFN5O4/c35-26-16-24(12-13-27(26)36)39-33-25-17-29(31(44-19-23-10-11-23)18-28(25)37-21-38-33)40-32(42)9-5-15-41-14-4-8-30(41)34(43)45-20-22-6-2-1-3-7-22/h1-3,5-7,9,12-13,16-18,21,23,30H,4,8,10-11,14-15,19-20H2,(H,40,42)(H,37,38,39)/b9-5+/t30-/m0/s1. The smallest absolute Gasteiger partial charge is 0.323 e. The van der Waals surface area contributed by atoms with Gasteiger partial charge < -0.3 is 20.1 Å². The van der Waals surface area contributed by atoms with Crippen LogP contribution in [0.1, 0.15) is 31.2 Å². The highest BCUT2D eigenvalue weighted by molar-refractivity contribution is 6.31. The van der Waals surface area contributed by atoms with Crippen LogP contribution in [0.15, 0.2) is 79.1 Å². The van der Waals surface area contributed by atoms with E-state index in [1.54, 1.807) is 24.3 Å². The van der Waals surface area contributed by atoms with Gasteiger partial charge in [0.05, 0.1) is 22.8 Å². The summed E-state index contributed by atoms with van der Waals surface area (Å²) in [7, 11) is 0. The quantitative estimate of drug-likeness (QED) is 0.132. The lowest BCUT2D eigenvalue weighted by atomic mass is 10.1. The number of amides is 1. The molecule has 1 saturated heterocycles. The Hall–Kier alpha value is -4.54. The molecule has 1 amide bonds. The zero-order valence-electron chi connectivity index (χ0n) is 24.5. The van der Waals surface area contributed by atoms with Gasteiger partial charge in [0, 0.05) is 29.8 Å². The van der Waals surface area contributed by atoms with Crippen molar-refractivity contribution in [2.75, 3.05) is 30.3 Å². The molecule has 1 aromatic heterocycles. The maximum atomic E-state index is 13.7. The van der Waals surface area contributed by atoms with Crippen LogP contribution in [-0.4, -0.2) is 52.5 Å². The number of rotatable bonds is 12. The number of fused-ring (bicyclic) bond motifs is 1. The first kappa shape index (κ1) is 30.5. The van der Waals surface area contributed by atoms with Gasteiger partial charge in [-0.2, -0.15) is 0 Å². The number of hydrogen-bond donors (Lipinski definition) is 2. The van der Waals surface area contributed by atoms with E-state index >= 15 is 0 Å². The number of nitrogens with one attached hydrogen (secondary N) is 2. The van der Waals surface area contributed by atoms with Gasteiger partial charge in [-0.1, -0.05) is 48.0 Å². The molecule has 2 fully saturated rings. The van der Waals surface area contributed by atoms with E-state index in [2.05, 4.69) is 20.6 Å². The Balaban J connectivity index is 1.14. The summed E-state index contributed by atoms with van der Waals surface area (Å²) in [6.07, 6.45) is 8.46. The fourth-order valence-corrected chi connectivity index (χ4v) is 5.39. The number of carbonyl (C=O) groups is 2. The third-order valence-corrected chi connectivity index (χ3v) is 8.11. The highest BCUT2D eigenvalue weighted by Gasteiger charge is 2.31. The van der Waals surface area contributed by atoms with Crippen molar-refractivity contribution in [2.24, 2.45) is 5.92 Å². The van der Waals surface area contributed by atoms with Gasteiger partial charge in [-0.05, 0) is 68.0 Å². The van der Waals surface area contributed by atoms with Gasteiger partial charge in [0.2, 0.25) is 5.91 Å². The molecule has 1 aliphatic carbocycles. The van der Waals surface area contributed by atoms with Crippen molar-refractivity contribution < 1.29 is 23.5 Å². The second-order valence-corrected chi connectivity index (χ2v) is 11.6. The average Bonchev–Trinajstić information content (AvgIpc) is 3.76. The summed E-state index contributed by atoms with van der Waals surface area (Å²) in [5.74, 6) is 0.353. The fourth-order valence-electron chi connectivity index (χ4n) is 5.21. The van der Waals surface area contributed by atoms with Crippen molar-refractivity contribution in [1.82, 2.24) is 14.9 Å². The molecule has 6 rings (SSSR count). The summed E-state index contributed by atoms with van der Waals surface area (Å²) in [6, 6.07) is 17.1. The van der Waals surface area contributed by atoms with E-state index in [-0.39, 0.29) is 29.5 Å². The van der Waals surface area contributed by atoms with Crippen LogP contribution in [0.2, 0.25) is 5.02 Å². The van der Waals surface area contributed by atoms with Crippen molar-refractivity contribution in [3.8, 4) is 5.75 Å². The molecule has 1 atom stereocenters. The van der Waals surface area contributed by atoms with Crippen LogP contribution >= 0.6 is 11.6 Å². The molecule has 0 spiro atoms. The Bertz CT molecular complexity index is 1720. The van der Waals surface area contributed by atoms with Gasteiger partial charge in [0.25, 0.3) is 0 Å². The Kier molecular flexibility index (Phi) is 9.52. The third-order valence-electron chi connectivity index (χ3n) is 7.82. The van der Waals surface area contributed by atoms with Crippen LogP contribution in [0.4, 0.5) is 21.6 Å². The first-order valence-corrected chi connectivity index (χ1v) is 15.4. The summed E-state index contributed by atoms with van der Waals surface area (Å²) in [5.41, 5.74) is 2.57. The number of esters is 1. The molecule has 0 unspecified atom stereocenters. The van der Waals surface area contributed by atoms with E-state index in [9.17, 15) is 14.0 Å². The van der Waals surface area contributed by atoms with Gasteiger partial charge in [-0.15, -0.1) is 0 Å². The van der Waals surface area contributed by atoms with E-state index in [1.165, 1.54) is 24.5 Å². The number of nitrogens with zero attached hydrogens (tertiary/aromatic N) is 3. The summed E-state index contributed by atoms with van der Waals surface area (Å²) in [6.45, 7) is 1.96. The van der Waals surface area contributed by atoms with E-state index in [0.717, 1.165) is 37.8 Å². The molecule has 9 nitrogen and oxygen atoms in total. The zero-order valence-corrected chi connectivity index (χ0v) is 25.3. The number of benzene rings is 3. The number of halogens is 2. The second-order valence-electron chi connectivity index (χ2n) is 11.2. The molecule has 1 saturated carbocycles. The Morgan fingerprint density at radius 3 is 2.71 bits per heavy atom. The van der Waals surface area contributed by atoms with Crippen LogP contribution in [0, 0.1) is 11.7 Å². The van der Waals surface area contributed by atoms with Crippen molar-refractivity contribution in [3.05, 3.63) is 95.5 Å². The first-order chi connectivity index (χ1) is 21.9. The number of carbonyl (C=O) groups excluding carboxylic acids is 2.